The van der Waals surface area contributed by atoms with Gasteiger partial charge in [0.15, 0.2) is 5.13 Å². The highest BCUT2D eigenvalue weighted by Crippen LogP contribution is 2.21. The minimum absolute atomic E-state index is 0.0348. The van der Waals surface area contributed by atoms with Crippen LogP contribution in [0.5, 0.6) is 0 Å². The number of carboxylic acids is 1. The molecule has 0 aliphatic heterocycles. The summed E-state index contributed by atoms with van der Waals surface area (Å²) in [6.45, 7) is 2.11. The predicted molar refractivity (Wildman–Crippen MR) is 72.6 cm³/mol. The van der Waals surface area contributed by atoms with E-state index in [2.05, 4.69) is 29.4 Å². The van der Waals surface area contributed by atoms with Gasteiger partial charge in [0.25, 0.3) is 0 Å². The Kier molecular flexibility index (Phi) is 3.94. The fourth-order valence-corrected chi connectivity index (χ4v) is 2.28. The number of nitrogens with zero attached hydrogens (tertiary/aromatic N) is 1. The Hall–Kier alpha value is -1.88. The first-order chi connectivity index (χ1) is 8.67. The maximum atomic E-state index is 10.6. The quantitative estimate of drug-likeness (QED) is 0.869. The Morgan fingerprint density at radius 2 is 2.11 bits per heavy atom. The second kappa shape index (κ2) is 5.64. The molecular formula is C13H14N2O2S. The van der Waals surface area contributed by atoms with Gasteiger partial charge in [-0.25, -0.2) is 4.98 Å². The molecular weight excluding hydrogens is 248 g/mol. The van der Waals surface area contributed by atoms with Crippen molar-refractivity contribution in [3.8, 4) is 0 Å². The van der Waals surface area contributed by atoms with E-state index in [4.69, 9.17) is 5.11 Å². The van der Waals surface area contributed by atoms with E-state index in [0.717, 1.165) is 17.2 Å². The molecule has 5 heteroatoms. The number of aryl methyl sites for hydroxylation is 1. The number of rotatable bonds is 5. The van der Waals surface area contributed by atoms with E-state index in [0.29, 0.717) is 5.69 Å². The summed E-state index contributed by atoms with van der Waals surface area (Å²) in [4.78, 5) is 14.8. The molecule has 1 aromatic heterocycles. The lowest BCUT2D eigenvalue weighted by atomic mass is 10.1. The number of hydrogen-bond donors (Lipinski definition) is 2. The van der Waals surface area contributed by atoms with Crippen molar-refractivity contribution in [3.05, 3.63) is 40.9 Å². The van der Waals surface area contributed by atoms with Crippen molar-refractivity contribution in [2.24, 2.45) is 0 Å². The van der Waals surface area contributed by atoms with Gasteiger partial charge in [0.05, 0.1) is 12.1 Å². The number of anilines is 2. The summed E-state index contributed by atoms with van der Waals surface area (Å²) in [7, 11) is 0. The van der Waals surface area contributed by atoms with Crippen molar-refractivity contribution < 1.29 is 9.90 Å². The lowest BCUT2D eigenvalue weighted by Crippen LogP contribution is -2.00. The zero-order valence-electron chi connectivity index (χ0n) is 10.0. The smallest absolute Gasteiger partial charge is 0.309 e. The van der Waals surface area contributed by atoms with Crippen LogP contribution in [0.25, 0.3) is 0 Å². The van der Waals surface area contributed by atoms with E-state index in [-0.39, 0.29) is 6.42 Å². The molecule has 0 aliphatic carbocycles. The van der Waals surface area contributed by atoms with Gasteiger partial charge in [-0.15, -0.1) is 11.3 Å². The monoisotopic (exact) mass is 262 g/mol. The fourth-order valence-electron chi connectivity index (χ4n) is 1.55. The number of thiazole rings is 1. The number of benzene rings is 1. The van der Waals surface area contributed by atoms with Crippen LogP contribution in [-0.4, -0.2) is 16.1 Å². The third-order valence-electron chi connectivity index (χ3n) is 2.50. The van der Waals surface area contributed by atoms with Crippen LogP contribution in [0, 0.1) is 0 Å². The summed E-state index contributed by atoms with van der Waals surface area (Å²) in [6.07, 6.45) is 0.979. The van der Waals surface area contributed by atoms with Crippen LogP contribution in [0.15, 0.2) is 29.6 Å². The third-order valence-corrected chi connectivity index (χ3v) is 3.30. The molecule has 0 amide bonds. The van der Waals surface area contributed by atoms with Crippen LogP contribution < -0.4 is 5.32 Å². The third kappa shape index (κ3) is 3.30. The van der Waals surface area contributed by atoms with Crippen molar-refractivity contribution in [2.45, 2.75) is 19.8 Å². The van der Waals surface area contributed by atoms with E-state index in [1.165, 1.54) is 16.9 Å². The maximum Gasteiger partial charge on any atom is 0.309 e. The molecule has 0 atom stereocenters. The largest absolute Gasteiger partial charge is 0.481 e. The second-order valence-corrected chi connectivity index (χ2v) is 4.75. The molecule has 0 fully saturated rings. The number of nitrogens with one attached hydrogen (secondary N) is 1. The van der Waals surface area contributed by atoms with Crippen molar-refractivity contribution in [3.63, 3.8) is 0 Å². The topological polar surface area (TPSA) is 62.2 Å². The zero-order valence-corrected chi connectivity index (χ0v) is 10.8. The van der Waals surface area contributed by atoms with Crippen molar-refractivity contribution in [1.29, 1.82) is 0 Å². The van der Waals surface area contributed by atoms with E-state index < -0.39 is 5.97 Å². The van der Waals surface area contributed by atoms with Gasteiger partial charge < -0.3 is 10.4 Å². The van der Waals surface area contributed by atoms with Crippen LogP contribution in [0.4, 0.5) is 10.8 Å². The van der Waals surface area contributed by atoms with E-state index in [1.54, 1.807) is 5.38 Å². The molecule has 1 aromatic carbocycles. The number of carboxylic acid groups (broad SMARTS) is 1. The summed E-state index contributed by atoms with van der Waals surface area (Å²) >= 11 is 1.41. The predicted octanol–water partition coefficient (Wildman–Crippen LogP) is 3.08. The Morgan fingerprint density at radius 3 is 2.72 bits per heavy atom. The molecule has 1 heterocycles. The Bertz CT molecular complexity index is 534. The number of hydrogen-bond acceptors (Lipinski definition) is 4. The molecule has 0 radical (unpaired) electrons. The Balaban J connectivity index is 2.03. The van der Waals surface area contributed by atoms with E-state index in [1.807, 2.05) is 12.1 Å². The standard InChI is InChI=1S/C13H14N2O2S/c1-2-9-3-5-10(6-4-9)14-13-15-11(8-18-13)7-12(16)17/h3-6,8H,2,7H2,1H3,(H,14,15)(H,16,17). The number of carbonyl (C=O) groups is 1. The van der Waals surface area contributed by atoms with Crippen LogP contribution in [0.3, 0.4) is 0 Å². The SMILES string of the molecule is CCc1ccc(Nc2nc(CC(=O)O)cs2)cc1. The summed E-state index contributed by atoms with van der Waals surface area (Å²) in [6, 6.07) is 8.12. The van der Waals surface area contributed by atoms with Gasteiger partial charge in [-0.2, -0.15) is 0 Å². The summed E-state index contributed by atoms with van der Waals surface area (Å²) in [5.74, 6) is -0.862. The zero-order chi connectivity index (χ0) is 13.0. The van der Waals surface area contributed by atoms with E-state index >= 15 is 0 Å². The molecule has 0 spiro atoms. The average Bonchev–Trinajstić information content (AvgIpc) is 2.76. The molecule has 94 valence electrons. The molecule has 2 rings (SSSR count). The molecule has 0 saturated heterocycles. The van der Waals surface area contributed by atoms with Crippen molar-refractivity contribution >= 4 is 28.1 Å². The van der Waals surface area contributed by atoms with Gasteiger partial charge >= 0.3 is 5.97 Å². The minimum atomic E-state index is -0.862. The first-order valence-corrected chi connectivity index (χ1v) is 6.57. The van der Waals surface area contributed by atoms with Gasteiger partial charge in [-0.3, -0.25) is 4.79 Å². The molecule has 0 unspecified atom stereocenters. The van der Waals surface area contributed by atoms with Gasteiger partial charge in [0.1, 0.15) is 0 Å². The van der Waals surface area contributed by atoms with Crippen molar-refractivity contribution in [2.75, 3.05) is 5.32 Å². The van der Waals surface area contributed by atoms with E-state index in [9.17, 15) is 4.79 Å². The summed E-state index contributed by atoms with van der Waals surface area (Å²) in [5.41, 5.74) is 2.83. The van der Waals surface area contributed by atoms with Gasteiger partial charge in [0, 0.05) is 11.1 Å². The molecule has 0 aliphatic rings. The van der Waals surface area contributed by atoms with Crippen LogP contribution >= 0.6 is 11.3 Å². The first-order valence-electron chi connectivity index (χ1n) is 5.69. The second-order valence-electron chi connectivity index (χ2n) is 3.89. The van der Waals surface area contributed by atoms with Crippen LogP contribution in [-0.2, 0) is 17.6 Å². The summed E-state index contributed by atoms with van der Waals surface area (Å²) in [5, 5.41) is 14.3. The van der Waals surface area contributed by atoms with Crippen LogP contribution in [0.1, 0.15) is 18.2 Å². The van der Waals surface area contributed by atoms with Gasteiger partial charge in [-0.05, 0) is 24.1 Å². The Labute approximate surface area is 109 Å². The van der Waals surface area contributed by atoms with Gasteiger partial charge in [0.2, 0.25) is 0 Å². The molecule has 2 N–H and O–H groups in total. The highest BCUT2D eigenvalue weighted by Gasteiger charge is 2.06. The number of aliphatic carboxylic acids is 1. The normalized spacial score (nSPS) is 10.3. The van der Waals surface area contributed by atoms with Crippen LogP contribution in [0.2, 0.25) is 0 Å². The minimum Gasteiger partial charge on any atom is -0.481 e. The van der Waals surface area contributed by atoms with Crippen molar-refractivity contribution in [1.82, 2.24) is 4.98 Å². The average molecular weight is 262 g/mol. The van der Waals surface area contributed by atoms with Gasteiger partial charge in [-0.1, -0.05) is 19.1 Å². The molecule has 4 nitrogen and oxygen atoms in total. The lowest BCUT2D eigenvalue weighted by molar-refractivity contribution is -0.136. The fraction of sp³-hybridized carbons (Fsp3) is 0.231. The summed E-state index contributed by atoms with van der Waals surface area (Å²) < 4.78 is 0. The Morgan fingerprint density at radius 1 is 1.39 bits per heavy atom. The molecule has 0 bridgehead atoms. The molecule has 18 heavy (non-hydrogen) atoms. The molecule has 2 aromatic rings. The molecule has 0 saturated carbocycles. The maximum absolute atomic E-state index is 10.6. The first kappa shape index (κ1) is 12.6. The highest BCUT2D eigenvalue weighted by atomic mass is 32.1. The lowest BCUT2D eigenvalue weighted by Gasteiger charge is -2.03. The number of aromatic nitrogens is 1. The highest BCUT2D eigenvalue weighted by molar-refractivity contribution is 7.13.